The number of benzene rings is 2. The summed E-state index contributed by atoms with van der Waals surface area (Å²) in [6.07, 6.45) is 0. The van der Waals surface area contributed by atoms with Crippen LogP contribution in [0.4, 0.5) is 8.78 Å². The normalized spacial score (nSPS) is 10.9. The molecular formula is C26H30F2N4O. The molecule has 0 amide bonds. The average molecular weight is 453 g/mol. The van der Waals surface area contributed by atoms with Gasteiger partial charge in [0.2, 0.25) is 5.69 Å². The van der Waals surface area contributed by atoms with Gasteiger partial charge in [-0.15, -0.1) is 0 Å². The van der Waals surface area contributed by atoms with Crippen molar-refractivity contribution in [2.24, 2.45) is 5.41 Å². The summed E-state index contributed by atoms with van der Waals surface area (Å²) in [6.45, 7) is 9.22. The van der Waals surface area contributed by atoms with Crippen molar-refractivity contribution in [2.75, 3.05) is 27.2 Å². The molecule has 0 radical (unpaired) electrons. The molecule has 7 heteroatoms. The molecule has 0 saturated heterocycles. The Labute approximate surface area is 194 Å². The van der Waals surface area contributed by atoms with E-state index in [0.29, 0.717) is 29.1 Å². The summed E-state index contributed by atoms with van der Waals surface area (Å²) in [7, 11) is 3.96. The molecule has 0 aliphatic rings. The lowest BCUT2D eigenvalue weighted by Gasteiger charge is -2.28. The Hall–Kier alpha value is -3.37. The second-order valence-electron chi connectivity index (χ2n) is 8.39. The van der Waals surface area contributed by atoms with Crippen LogP contribution in [0.15, 0.2) is 48.5 Å². The second-order valence-corrected chi connectivity index (χ2v) is 8.39. The van der Waals surface area contributed by atoms with E-state index in [1.807, 2.05) is 34.0 Å². The van der Waals surface area contributed by atoms with Crippen LogP contribution in [0.3, 0.4) is 0 Å². The lowest BCUT2D eigenvalue weighted by atomic mass is 9.94. The molecule has 0 N–H and O–H groups in total. The van der Waals surface area contributed by atoms with Gasteiger partial charge in [0.25, 0.3) is 5.88 Å². The largest absolute Gasteiger partial charge is 0.475 e. The fourth-order valence-corrected chi connectivity index (χ4v) is 3.38. The van der Waals surface area contributed by atoms with Crippen molar-refractivity contribution in [1.29, 1.82) is 5.26 Å². The maximum absolute atomic E-state index is 13.5. The van der Waals surface area contributed by atoms with Crippen molar-refractivity contribution in [3.8, 4) is 34.5 Å². The van der Waals surface area contributed by atoms with Gasteiger partial charge in [0.15, 0.2) is 0 Å². The summed E-state index contributed by atoms with van der Waals surface area (Å²) in [5.74, 6) is -0.654. The zero-order valence-corrected chi connectivity index (χ0v) is 20.0. The third kappa shape index (κ3) is 7.06. The lowest BCUT2D eigenvalue weighted by Crippen LogP contribution is -2.33. The fraction of sp³-hybridized carbons (Fsp3) is 0.346. The van der Waals surface area contributed by atoms with E-state index in [0.717, 1.165) is 6.54 Å². The van der Waals surface area contributed by atoms with Crippen molar-refractivity contribution >= 4 is 0 Å². The Bertz CT molecular complexity index is 1090. The Morgan fingerprint density at radius 1 is 0.879 bits per heavy atom. The number of nitrogens with zero attached hydrogens (tertiary/aromatic N) is 4. The van der Waals surface area contributed by atoms with Gasteiger partial charge in [0.1, 0.15) is 23.4 Å². The fourth-order valence-electron chi connectivity index (χ4n) is 3.38. The second kappa shape index (κ2) is 11.5. The Morgan fingerprint density at radius 2 is 1.33 bits per heavy atom. The van der Waals surface area contributed by atoms with Gasteiger partial charge in [-0.25, -0.2) is 18.7 Å². The van der Waals surface area contributed by atoms with Crippen molar-refractivity contribution in [2.45, 2.75) is 27.7 Å². The number of ether oxygens (including phenoxy) is 1. The van der Waals surface area contributed by atoms with Gasteiger partial charge in [-0.2, -0.15) is 5.26 Å². The molecule has 1 aromatic heterocycles. The number of nitriles is 1. The minimum absolute atomic E-state index is 0.0332. The maximum atomic E-state index is 13.5. The maximum Gasteiger partial charge on any atom is 0.251 e. The molecule has 5 nitrogen and oxygen atoms in total. The van der Waals surface area contributed by atoms with E-state index in [2.05, 4.69) is 28.7 Å². The molecule has 0 bridgehead atoms. The summed E-state index contributed by atoms with van der Waals surface area (Å²) in [5.41, 5.74) is 1.85. The number of hydrogen-bond donors (Lipinski definition) is 0. The Kier molecular flexibility index (Phi) is 9.01. The summed E-state index contributed by atoms with van der Waals surface area (Å²) in [6, 6.07) is 13.6. The number of rotatable bonds is 7. The molecule has 0 spiro atoms. The highest BCUT2D eigenvalue weighted by Gasteiger charge is 2.23. The molecule has 1 heterocycles. The standard InChI is InChI=1S/C24H24F2N4O.C2H6/c1-24(2,14-30(3)4)15-31-23-20(13-27)28-21(16-5-9-18(25)10-6-16)22(29-23)17-7-11-19(26)12-8-17;1-2/h5-12H,14-15H2,1-4H3;1-2H3. The minimum atomic E-state index is -0.386. The van der Waals surface area contributed by atoms with Crippen LogP contribution in [0.2, 0.25) is 0 Å². The van der Waals surface area contributed by atoms with Crippen molar-refractivity contribution in [3.63, 3.8) is 0 Å². The molecule has 3 rings (SSSR count). The van der Waals surface area contributed by atoms with E-state index in [1.165, 1.54) is 24.3 Å². The smallest absolute Gasteiger partial charge is 0.251 e. The topological polar surface area (TPSA) is 62.0 Å². The molecule has 2 aromatic carbocycles. The first-order valence-corrected chi connectivity index (χ1v) is 10.8. The first-order chi connectivity index (χ1) is 15.7. The average Bonchev–Trinajstić information content (AvgIpc) is 2.79. The summed E-state index contributed by atoms with van der Waals surface area (Å²) in [5, 5.41) is 9.66. The van der Waals surface area contributed by atoms with Gasteiger partial charge in [-0.05, 0) is 62.6 Å². The van der Waals surface area contributed by atoms with Gasteiger partial charge in [-0.3, -0.25) is 0 Å². The van der Waals surface area contributed by atoms with E-state index < -0.39 is 0 Å². The molecule has 0 aliphatic carbocycles. The molecule has 3 aromatic rings. The van der Waals surface area contributed by atoms with E-state index in [9.17, 15) is 14.0 Å². The highest BCUT2D eigenvalue weighted by molar-refractivity contribution is 5.78. The van der Waals surface area contributed by atoms with Crippen LogP contribution >= 0.6 is 0 Å². The molecule has 33 heavy (non-hydrogen) atoms. The van der Waals surface area contributed by atoms with Crippen molar-refractivity contribution in [1.82, 2.24) is 14.9 Å². The summed E-state index contributed by atoms with van der Waals surface area (Å²) >= 11 is 0. The molecule has 0 fully saturated rings. The zero-order chi connectivity index (χ0) is 24.6. The van der Waals surface area contributed by atoms with E-state index in [4.69, 9.17) is 4.74 Å². The van der Waals surface area contributed by atoms with Crippen LogP contribution in [0.5, 0.6) is 5.88 Å². The minimum Gasteiger partial charge on any atom is -0.475 e. The van der Waals surface area contributed by atoms with Crippen LogP contribution < -0.4 is 4.74 Å². The van der Waals surface area contributed by atoms with Crippen LogP contribution in [0.25, 0.3) is 22.5 Å². The van der Waals surface area contributed by atoms with Gasteiger partial charge in [0, 0.05) is 23.1 Å². The van der Waals surface area contributed by atoms with Crippen molar-refractivity contribution in [3.05, 3.63) is 65.9 Å². The molecule has 0 aliphatic heterocycles. The van der Waals surface area contributed by atoms with E-state index >= 15 is 0 Å². The van der Waals surface area contributed by atoms with Crippen LogP contribution in [-0.4, -0.2) is 42.1 Å². The third-order valence-corrected chi connectivity index (χ3v) is 4.55. The van der Waals surface area contributed by atoms with Gasteiger partial charge < -0.3 is 9.64 Å². The molecular weight excluding hydrogens is 422 g/mol. The number of aromatic nitrogens is 2. The lowest BCUT2D eigenvalue weighted by molar-refractivity contribution is 0.137. The van der Waals surface area contributed by atoms with Crippen LogP contribution in [0.1, 0.15) is 33.4 Å². The quantitative estimate of drug-likeness (QED) is 0.443. The third-order valence-electron chi connectivity index (χ3n) is 4.55. The predicted molar refractivity (Wildman–Crippen MR) is 127 cm³/mol. The molecule has 0 saturated carbocycles. The molecule has 0 atom stereocenters. The first kappa shape index (κ1) is 25.9. The van der Waals surface area contributed by atoms with Gasteiger partial charge >= 0.3 is 0 Å². The highest BCUT2D eigenvalue weighted by atomic mass is 19.1. The van der Waals surface area contributed by atoms with E-state index in [1.54, 1.807) is 24.3 Å². The Balaban J connectivity index is 0.00000187. The van der Waals surface area contributed by atoms with E-state index in [-0.39, 0.29) is 28.6 Å². The number of halogens is 2. The number of hydrogen-bond acceptors (Lipinski definition) is 5. The van der Waals surface area contributed by atoms with Crippen LogP contribution in [-0.2, 0) is 0 Å². The molecule has 0 unspecified atom stereocenters. The highest BCUT2D eigenvalue weighted by Crippen LogP contribution is 2.33. The van der Waals surface area contributed by atoms with Crippen LogP contribution in [0, 0.1) is 28.4 Å². The summed E-state index contributed by atoms with van der Waals surface area (Å²) in [4.78, 5) is 11.1. The predicted octanol–water partition coefficient (Wildman–Crippen LogP) is 5.95. The van der Waals surface area contributed by atoms with Gasteiger partial charge in [0.05, 0.1) is 12.3 Å². The molecule has 174 valence electrons. The first-order valence-electron chi connectivity index (χ1n) is 10.8. The SMILES string of the molecule is CC.CN(C)CC(C)(C)COc1nc(-c2ccc(F)cc2)c(-c2ccc(F)cc2)nc1C#N. The van der Waals surface area contributed by atoms with Crippen molar-refractivity contribution < 1.29 is 13.5 Å². The zero-order valence-electron chi connectivity index (χ0n) is 20.0. The van der Waals surface area contributed by atoms with Gasteiger partial charge in [-0.1, -0.05) is 27.7 Å². The monoisotopic (exact) mass is 452 g/mol. The summed E-state index contributed by atoms with van der Waals surface area (Å²) < 4.78 is 32.8. The Morgan fingerprint density at radius 3 is 1.76 bits per heavy atom.